The first kappa shape index (κ1) is 17.7. The lowest BCUT2D eigenvalue weighted by atomic mass is 10.2. The number of halogens is 2. The van der Waals surface area contributed by atoms with Crippen molar-refractivity contribution in [1.29, 1.82) is 0 Å². The molecule has 0 aliphatic rings. The quantitative estimate of drug-likeness (QED) is 0.851. The van der Waals surface area contributed by atoms with E-state index in [2.05, 4.69) is 21.2 Å². The standard InChI is InChI=1S/C11H17BrN2O2S.ClH/c1-6(4-13)5-14-11(15)10-9(16-3)8(12)7(2)17-10;/h6H,4-5,13H2,1-3H3,(H,14,15);1H. The van der Waals surface area contributed by atoms with Crippen LogP contribution < -0.4 is 15.8 Å². The van der Waals surface area contributed by atoms with Crippen LogP contribution in [0.2, 0.25) is 0 Å². The Morgan fingerprint density at radius 2 is 2.22 bits per heavy atom. The van der Waals surface area contributed by atoms with Crippen molar-refractivity contribution in [3.05, 3.63) is 14.2 Å². The predicted octanol–water partition coefficient (Wildman–Crippen LogP) is 2.57. The highest BCUT2D eigenvalue weighted by molar-refractivity contribution is 9.10. The Labute approximate surface area is 126 Å². The van der Waals surface area contributed by atoms with Crippen molar-refractivity contribution in [2.24, 2.45) is 11.7 Å². The third-order valence-corrected chi connectivity index (χ3v) is 4.70. The van der Waals surface area contributed by atoms with Crippen LogP contribution in [0, 0.1) is 12.8 Å². The number of methoxy groups -OCH3 is 1. The van der Waals surface area contributed by atoms with Gasteiger partial charge in [0, 0.05) is 11.4 Å². The summed E-state index contributed by atoms with van der Waals surface area (Å²) in [6, 6.07) is 0. The van der Waals surface area contributed by atoms with Crippen molar-refractivity contribution >= 4 is 45.6 Å². The van der Waals surface area contributed by atoms with Gasteiger partial charge in [-0.3, -0.25) is 4.79 Å². The zero-order valence-electron chi connectivity index (χ0n) is 10.6. The van der Waals surface area contributed by atoms with Crippen molar-refractivity contribution in [2.75, 3.05) is 20.2 Å². The molecule has 1 heterocycles. The summed E-state index contributed by atoms with van der Waals surface area (Å²) in [5, 5.41) is 2.86. The second-order valence-corrected chi connectivity index (χ2v) is 5.90. The molecule has 1 atom stereocenters. The minimum atomic E-state index is -0.110. The van der Waals surface area contributed by atoms with Crippen LogP contribution in [0.3, 0.4) is 0 Å². The van der Waals surface area contributed by atoms with Crippen LogP contribution in [0.5, 0.6) is 5.75 Å². The molecule has 0 aliphatic carbocycles. The molecule has 0 fully saturated rings. The molecular weight excluding hydrogens is 340 g/mol. The number of carbonyl (C=O) groups is 1. The number of nitrogens with two attached hydrogens (primary N) is 1. The molecule has 3 N–H and O–H groups in total. The van der Waals surface area contributed by atoms with Crippen molar-refractivity contribution in [2.45, 2.75) is 13.8 Å². The first-order valence-corrected chi connectivity index (χ1v) is 6.93. The normalized spacial score (nSPS) is 11.6. The summed E-state index contributed by atoms with van der Waals surface area (Å²) in [5.74, 6) is 0.765. The average molecular weight is 358 g/mol. The van der Waals surface area contributed by atoms with E-state index >= 15 is 0 Å². The van der Waals surface area contributed by atoms with E-state index < -0.39 is 0 Å². The summed E-state index contributed by atoms with van der Waals surface area (Å²) in [4.78, 5) is 13.6. The van der Waals surface area contributed by atoms with E-state index in [1.165, 1.54) is 11.3 Å². The van der Waals surface area contributed by atoms with Gasteiger partial charge in [-0.1, -0.05) is 6.92 Å². The number of amides is 1. The van der Waals surface area contributed by atoms with Gasteiger partial charge in [-0.25, -0.2) is 0 Å². The highest BCUT2D eigenvalue weighted by atomic mass is 79.9. The minimum Gasteiger partial charge on any atom is -0.494 e. The first-order valence-electron chi connectivity index (χ1n) is 5.32. The fraction of sp³-hybridized carbons (Fsp3) is 0.545. The Kier molecular flexibility index (Phi) is 7.86. The lowest BCUT2D eigenvalue weighted by Gasteiger charge is -2.10. The number of carbonyl (C=O) groups excluding carboxylic acids is 1. The largest absolute Gasteiger partial charge is 0.494 e. The molecule has 0 saturated heterocycles. The second-order valence-electron chi connectivity index (χ2n) is 3.89. The molecule has 0 aliphatic heterocycles. The minimum absolute atomic E-state index is 0. The van der Waals surface area contributed by atoms with Crippen LogP contribution in [0.25, 0.3) is 0 Å². The lowest BCUT2D eigenvalue weighted by molar-refractivity contribution is 0.0950. The fourth-order valence-corrected chi connectivity index (χ4v) is 2.93. The van der Waals surface area contributed by atoms with Crippen LogP contribution in [-0.2, 0) is 0 Å². The summed E-state index contributed by atoms with van der Waals surface area (Å²) in [6.45, 7) is 5.07. The van der Waals surface area contributed by atoms with E-state index in [1.54, 1.807) is 7.11 Å². The molecule has 0 spiro atoms. The molecule has 7 heteroatoms. The molecule has 1 aromatic rings. The van der Waals surface area contributed by atoms with Crippen LogP contribution in [0.4, 0.5) is 0 Å². The molecule has 0 bridgehead atoms. The number of hydrogen-bond donors (Lipinski definition) is 2. The smallest absolute Gasteiger partial charge is 0.265 e. The summed E-state index contributed by atoms with van der Waals surface area (Å²) < 4.78 is 6.08. The zero-order valence-corrected chi connectivity index (χ0v) is 13.8. The third-order valence-electron chi connectivity index (χ3n) is 2.39. The van der Waals surface area contributed by atoms with Crippen molar-refractivity contribution < 1.29 is 9.53 Å². The summed E-state index contributed by atoms with van der Waals surface area (Å²) in [6.07, 6.45) is 0. The number of nitrogens with one attached hydrogen (secondary N) is 1. The van der Waals surface area contributed by atoms with Crippen molar-refractivity contribution in [1.82, 2.24) is 5.32 Å². The molecule has 104 valence electrons. The van der Waals surface area contributed by atoms with Crippen molar-refractivity contribution in [3.8, 4) is 5.75 Å². The third kappa shape index (κ3) is 4.12. The number of aryl methyl sites for hydroxylation is 1. The average Bonchev–Trinajstić information content (AvgIpc) is 2.62. The fourth-order valence-electron chi connectivity index (χ4n) is 1.27. The Morgan fingerprint density at radius 3 is 2.72 bits per heavy atom. The van der Waals surface area contributed by atoms with Gasteiger partial charge in [0.1, 0.15) is 4.88 Å². The first-order chi connectivity index (χ1) is 8.01. The zero-order chi connectivity index (χ0) is 13.0. The highest BCUT2D eigenvalue weighted by Crippen LogP contribution is 2.38. The molecule has 18 heavy (non-hydrogen) atoms. The maximum Gasteiger partial charge on any atom is 0.265 e. The van der Waals surface area contributed by atoms with Gasteiger partial charge in [0.15, 0.2) is 5.75 Å². The summed E-state index contributed by atoms with van der Waals surface area (Å²) in [5.41, 5.74) is 5.50. The monoisotopic (exact) mass is 356 g/mol. The van der Waals surface area contributed by atoms with Crippen LogP contribution >= 0.6 is 39.7 Å². The van der Waals surface area contributed by atoms with Gasteiger partial charge in [-0.2, -0.15) is 0 Å². The predicted molar refractivity (Wildman–Crippen MR) is 81.1 cm³/mol. The van der Waals surface area contributed by atoms with Gasteiger partial charge in [0.05, 0.1) is 11.6 Å². The molecule has 4 nitrogen and oxygen atoms in total. The van der Waals surface area contributed by atoms with E-state index in [0.29, 0.717) is 23.7 Å². The molecule has 1 amide bonds. The second kappa shape index (κ2) is 7.99. The maximum atomic E-state index is 12.0. The summed E-state index contributed by atoms with van der Waals surface area (Å²) >= 11 is 4.83. The number of thiophene rings is 1. The lowest BCUT2D eigenvalue weighted by Crippen LogP contribution is -2.30. The van der Waals surface area contributed by atoms with Gasteiger partial charge in [-0.15, -0.1) is 23.7 Å². The van der Waals surface area contributed by atoms with E-state index in [1.807, 2.05) is 13.8 Å². The molecule has 0 aromatic carbocycles. The molecule has 1 unspecified atom stereocenters. The highest BCUT2D eigenvalue weighted by Gasteiger charge is 2.20. The number of ether oxygens (including phenoxy) is 1. The molecular formula is C11H18BrClN2O2S. The Hall–Kier alpha value is -0.300. The molecule has 0 saturated carbocycles. The Bertz CT molecular complexity index is 412. The van der Waals surface area contributed by atoms with Gasteiger partial charge >= 0.3 is 0 Å². The van der Waals surface area contributed by atoms with Gasteiger partial charge in [-0.05, 0) is 35.3 Å². The van der Waals surface area contributed by atoms with Gasteiger partial charge in [0.2, 0.25) is 0 Å². The number of hydrogen-bond acceptors (Lipinski definition) is 4. The molecule has 1 aromatic heterocycles. The van der Waals surface area contributed by atoms with E-state index in [4.69, 9.17) is 10.5 Å². The SMILES string of the molecule is COc1c(C(=O)NCC(C)CN)sc(C)c1Br.Cl. The molecule has 0 radical (unpaired) electrons. The maximum absolute atomic E-state index is 12.0. The summed E-state index contributed by atoms with van der Waals surface area (Å²) in [7, 11) is 1.56. The van der Waals surface area contributed by atoms with E-state index in [-0.39, 0.29) is 24.2 Å². The number of rotatable bonds is 5. The Balaban J connectivity index is 0.00000289. The van der Waals surface area contributed by atoms with Crippen LogP contribution in [-0.4, -0.2) is 26.1 Å². The van der Waals surface area contributed by atoms with E-state index in [0.717, 1.165) is 9.35 Å². The van der Waals surface area contributed by atoms with E-state index in [9.17, 15) is 4.79 Å². The van der Waals surface area contributed by atoms with Crippen molar-refractivity contribution in [3.63, 3.8) is 0 Å². The topological polar surface area (TPSA) is 64.3 Å². The molecule has 1 rings (SSSR count). The van der Waals surface area contributed by atoms with Crippen LogP contribution in [0.1, 0.15) is 21.5 Å². The Morgan fingerprint density at radius 1 is 1.61 bits per heavy atom. The van der Waals surface area contributed by atoms with Gasteiger partial charge < -0.3 is 15.8 Å². The van der Waals surface area contributed by atoms with Gasteiger partial charge in [0.25, 0.3) is 5.91 Å². The van der Waals surface area contributed by atoms with Crippen LogP contribution in [0.15, 0.2) is 4.47 Å².